The maximum atomic E-state index is 12.4. The summed E-state index contributed by atoms with van der Waals surface area (Å²) in [4.78, 5) is 27.0. The number of aromatic nitrogens is 3. The summed E-state index contributed by atoms with van der Waals surface area (Å²) in [7, 11) is 2.04. The molecule has 1 aliphatic rings. The van der Waals surface area contributed by atoms with Crippen molar-refractivity contribution < 1.29 is 14.7 Å². The lowest BCUT2D eigenvalue weighted by molar-refractivity contribution is -0.137. The van der Waals surface area contributed by atoms with Crippen LogP contribution in [0.25, 0.3) is 0 Å². The number of hydrogen-bond donors (Lipinski definition) is 1. The van der Waals surface area contributed by atoms with Crippen LogP contribution < -0.4 is 0 Å². The van der Waals surface area contributed by atoms with Crippen molar-refractivity contribution in [3.63, 3.8) is 0 Å². The van der Waals surface area contributed by atoms with Gasteiger partial charge in [-0.3, -0.25) is 9.59 Å². The van der Waals surface area contributed by atoms with Crippen molar-refractivity contribution in [2.75, 3.05) is 26.7 Å². The predicted molar refractivity (Wildman–Crippen MR) is 70.3 cm³/mol. The molecule has 1 atom stereocenters. The Labute approximate surface area is 117 Å². The quantitative estimate of drug-likeness (QED) is 0.805. The number of amides is 1. The molecule has 1 aliphatic heterocycles. The number of nitrogens with zero attached hydrogens (tertiary/aromatic N) is 5. The second kappa shape index (κ2) is 6.00. The molecule has 1 aromatic rings. The summed E-state index contributed by atoms with van der Waals surface area (Å²) in [5, 5.41) is 16.1. The zero-order valence-corrected chi connectivity index (χ0v) is 11.7. The van der Waals surface area contributed by atoms with Gasteiger partial charge in [0.2, 0.25) is 0 Å². The van der Waals surface area contributed by atoms with Gasteiger partial charge in [0, 0.05) is 19.1 Å². The first-order valence-corrected chi connectivity index (χ1v) is 6.59. The molecule has 1 fully saturated rings. The van der Waals surface area contributed by atoms with Gasteiger partial charge in [-0.1, -0.05) is 5.21 Å². The minimum atomic E-state index is -1.02. The number of carboxylic acid groups (broad SMARTS) is 1. The molecule has 1 unspecified atom stereocenters. The van der Waals surface area contributed by atoms with E-state index < -0.39 is 5.97 Å². The van der Waals surface area contributed by atoms with Crippen molar-refractivity contribution in [3.8, 4) is 0 Å². The molecule has 2 heterocycles. The van der Waals surface area contributed by atoms with Crippen molar-refractivity contribution in [2.45, 2.75) is 25.9 Å². The highest BCUT2D eigenvalue weighted by molar-refractivity contribution is 5.92. The average molecular weight is 281 g/mol. The number of hydrogen-bond acceptors (Lipinski definition) is 5. The van der Waals surface area contributed by atoms with Gasteiger partial charge in [0.1, 0.15) is 6.54 Å². The normalized spacial score (nSPS) is 20.7. The van der Waals surface area contributed by atoms with Gasteiger partial charge >= 0.3 is 5.97 Å². The van der Waals surface area contributed by atoms with Crippen LogP contribution in [0.3, 0.4) is 0 Å². The molecule has 8 nitrogen and oxygen atoms in total. The lowest BCUT2D eigenvalue weighted by atomic mass is 10.2. The van der Waals surface area contributed by atoms with Crippen molar-refractivity contribution in [1.29, 1.82) is 0 Å². The zero-order valence-electron chi connectivity index (χ0n) is 11.7. The van der Waals surface area contributed by atoms with Gasteiger partial charge in [-0.05, 0) is 26.9 Å². The number of carboxylic acids is 1. The summed E-state index contributed by atoms with van der Waals surface area (Å²) in [6, 6.07) is 0.0969. The highest BCUT2D eigenvalue weighted by Gasteiger charge is 2.26. The van der Waals surface area contributed by atoms with E-state index in [1.807, 2.05) is 14.0 Å². The summed E-state index contributed by atoms with van der Waals surface area (Å²) in [6.07, 6.45) is 2.30. The van der Waals surface area contributed by atoms with E-state index in [2.05, 4.69) is 15.2 Å². The van der Waals surface area contributed by atoms with Crippen LogP contribution in [0, 0.1) is 0 Å². The maximum absolute atomic E-state index is 12.4. The fraction of sp³-hybridized carbons (Fsp3) is 0.667. The number of carbonyl (C=O) groups excluding carboxylic acids is 1. The fourth-order valence-corrected chi connectivity index (χ4v) is 2.43. The topological polar surface area (TPSA) is 91.6 Å². The van der Waals surface area contributed by atoms with E-state index in [4.69, 9.17) is 5.11 Å². The van der Waals surface area contributed by atoms with Gasteiger partial charge < -0.3 is 14.9 Å². The first-order chi connectivity index (χ1) is 9.47. The van der Waals surface area contributed by atoms with Crippen LogP contribution in [0.15, 0.2) is 6.20 Å². The van der Waals surface area contributed by atoms with E-state index in [0.29, 0.717) is 6.54 Å². The molecule has 2 rings (SSSR count). The smallest absolute Gasteiger partial charge is 0.325 e. The maximum Gasteiger partial charge on any atom is 0.325 e. The Morgan fingerprint density at radius 3 is 2.90 bits per heavy atom. The van der Waals surface area contributed by atoms with Crippen LogP contribution in [0.5, 0.6) is 0 Å². The largest absolute Gasteiger partial charge is 0.480 e. The second-order valence-electron chi connectivity index (χ2n) is 5.16. The van der Waals surface area contributed by atoms with Crippen molar-refractivity contribution in [1.82, 2.24) is 24.8 Å². The van der Waals surface area contributed by atoms with Crippen LogP contribution in [0.4, 0.5) is 0 Å². The SMILES string of the molecule is CC1CN(C)CCCN1C(=O)c1cn(CC(=O)O)nn1. The second-order valence-corrected chi connectivity index (χ2v) is 5.16. The van der Waals surface area contributed by atoms with E-state index in [1.165, 1.54) is 6.20 Å². The Morgan fingerprint density at radius 2 is 2.20 bits per heavy atom. The third kappa shape index (κ3) is 3.32. The Kier molecular flexibility index (Phi) is 4.33. The lowest BCUT2D eigenvalue weighted by Gasteiger charge is -2.27. The Balaban J connectivity index is 2.09. The van der Waals surface area contributed by atoms with Gasteiger partial charge in [-0.2, -0.15) is 0 Å². The molecule has 1 saturated heterocycles. The lowest BCUT2D eigenvalue weighted by Crippen LogP contribution is -2.42. The van der Waals surface area contributed by atoms with E-state index in [-0.39, 0.29) is 24.2 Å². The van der Waals surface area contributed by atoms with E-state index in [9.17, 15) is 9.59 Å². The molecule has 1 aromatic heterocycles. The van der Waals surface area contributed by atoms with Crippen molar-refractivity contribution >= 4 is 11.9 Å². The number of likely N-dealkylation sites (N-methyl/N-ethyl adjacent to an activating group) is 1. The van der Waals surface area contributed by atoms with E-state index >= 15 is 0 Å². The third-order valence-corrected chi connectivity index (χ3v) is 3.36. The Morgan fingerprint density at radius 1 is 1.45 bits per heavy atom. The molecule has 0 bridgehead atoms. The van der Waals surface area contributed by atoms with Crippen molar-refractivity contribution in [3.05, 3.63) is 11.9 Å². The van der Waals surface area contributed by atoms with Gasteiger partial charge in [0.05, 0.1) is 6.20 Å². The minimum Gasteiger partial charge on any atom is -0.480 e. The predicted octanol–water partition coefficient (Wildman–Crippen LogP) is -0.471. The van der Waals surface area contributed by atoms with Crippen LogP contribution >= 0.6 is 0 Å². The molecule has 8 heteroatoms. The molecular weight excluding hydrogens is 262 g/mol. The summed E-state index contributed by atoms with van der Waals surface area (Å²) < 4.78 is 1.16. The molecule has 20 heavy (non-hydrogen) atoms. The van der Waals surface area contributed by atoms with E-state index in [0.717, 1.165) is 24.2 Å². The monoisotopic (exact) mass is 281 g/mol. The van der Waals surface area contributed by atoms with Crippen LogP contribution in [0.1, 0.15) is 23.8 Å². The molecule has 110 valence electrons. The summed E-state index contributed by atoms with van der Waals surface area (Å²) >= 11 is 0. The molecule has 0 radical (unpaired) electrons. The van der Waals surface area contributed by atoms with Gasteiger partial charge in [0.25, 0.3) is 5.91 Å². The van der Waals surface area contributed by atoms with Crippen LogP contribution in [0.2, 0.25) is 0 Å². The zero-order chi connectivity index (χ0) is 14.7. The number of aliphatic carboxylic acids is 1. The fourth-order valence-electron chi connectivity index (χ4n) is 2.43. The molecule has 0 saturated carbocycles. The summed E-state index contributed by atoms with van der Waals surface area (Å²) in [5.41, 5.74) is 0.197. The molecule has 0 spiro atoms. The first kappa shape index (κ1) is 14.4. The minimum absolute atomic E-state index is 0.0969. The van der Waals surface area contributed by atoms with E-state index in [1.54, 1.807) is 4.90 Å². The summed E-state index contributed by atoms with van der Waals surface area (Å²) in [5.74, 6) is -1.21. The third-order valence-electron chi connectivity index (χ3n) is 3.36. The molecular formula is C12H19N5O3. The Bertz CT molecular complexity index is 501. The number of carbonyl (C=O) groups is 2. The standard InChI is InChI=1S/C12H19N5O3/c1-9-6-15(2)4-3-5-17(9)12(20)10-7-16(14-13-10)8-11(18)19/h7,9H,3-6,8H2,1-2H3,(H,18,19). The first-order valence-electron chi connectivity index (χ1n) is 6.59. The highest BCUT2D eigenvalue weighted by atomic mass is 16.4. The van der Waals surface area contributed by atoms with Crippen LogP contribution in [-0.2, 0) is 11.3 Å². The summed E-state index contributed by atoms with van der Waals surface area (Å²) in [6.45, 7) is 4.16. The molecule has 1 N–H and O–H groups in total. The van der Waals surface area contributed by atoms with Gasteiger partial charge in [-0.25, -0.2) is 4.68 Å². The average Bonchev–Trinajstić information content (AvgIpc) is 2.74. The highest BCUT2D eigenvalue weighted by Crippen LogP contribution is 2.12. The molecule has 1 amide bonds. The van der Waals surface area contributed by atoms with Crippen LogP contribution in [-0.4, -0.2) is 74.5 Å². The molecule has 0 aromatic carbocycles. The number of rotatable bonds is 3. The van der Waals surface area contributed by atoms with Gasteiger partial charge in [0.15, 0.2) is 5.69 Å². The Hall–Kier alpha value is -1.96. The molecule has 0 aliphatic carbocycles. The van der Waals surface area contributed by atoms with Crippen molar-refractivity contribution in [2.24, 2.45) is 0 Å². The van der Waals surface area contributed by atoms with Gasteiger partial charge in [-0.15, -0.1) is 5.10 Å².